The van der Waals surface area contributed by atoms with E-state index < -0.39 is 0 Å². The molecule has 104 valence electrons. The Morgan fingerprint density at radius 3 is 2.60 bits per heavy atom. The SMILES string of the molecule is C/C=C\c1c(CC)c(C)c(/C=C\CC)c2cccnc12. The van der Waals surface area contributed by atoms with Crippen molar-refractivity contribution >= 4 is 23.1 Å². The van der Waals surface area contributed by atoms with Crippen LogP contribution in [0.1, 0.15) is 49.4 Å². The van der Waals surface area contributed by atoms with Gasteiger partial charge in [0.2, 0.25) is 0 Å². The first kappa shape index (κ1) is 14.5. The van der Waals surface area contributed by atoms with Crippen molar-refractivity contribution in [3.05, 3.63) is 52.7 Å². The molecule has 1 heterocycles. The molecule has 0 saturated heterocycles. The van der Waals surface area contributed by atoms with Crippen LogP contribution >= 0.6 is 0 Å². The van der Waals surface area contributed by atoms with E-state index in [-0.39, 0.29) is 0 Å². The van der Waals surface area contributed by atoms with Gasteiger partial charge in [-0.05, 0) is 49.4 Å². The normalized spacial score (nSPS) is 12.0. The molecule has 0 N–H and O–H groups in total. The van der Waals surface area contributed by atoms with Gasteiger partial charge in [0.25, 0.3) is 0 Å². The van der Waals surface area contributed by atoms with Crippen molar-refractivity contribution < 1.29 is 0 Å². The summed E-state index contributed by atoms with van der Waals surface area (Å²) < 4.78 is 0. The number of rotatable bonds is 4. The first-order chi connectivity index (χ1) is 9.74. The van der Waals surface area contributed by atoms with Gasteiger partial charge in [0.15, 0.2) is 0 Å². The van der Waals surface area contributed by atoms with Crippen LogP contribution in [0.5, 0.6) is 0 Å². The molecule has 1 heteroatoms. The molecule has 0 atom stereocenters. The number of hydrogen-bond acceptors (Lipinski definition) is 1. The van der Waals surface area contributed by atoms with Gasteiger partial charge in [-0.2, -0.15) is 0 Å². The molecular formula is C19H23N. The average Bonchev–Trinajstić information content (AvgIpc) is 2.47. The largest absolute Gasteiger partial charge is 0.256 e. The van der Waals surface area contributed by atoms with Gasteiger partial charge in [0.1, 0.15) is 0 Å². The molecule has 0 saturated carbocycles. The van der Waals surface area contributed by atoms with Crippen LogP contribution in [0.4, 0.5) is 0 Å². The van der Waals surface area contributed by atoms with Crippen molar-refractivity contribution in [1.29, 1.82) is 0 Å². The minimum atomic E-state index is 1.03. The lowest BCUT2D eigenvalue weighted by atomic mass is 9.90. The standard InChI is InChI=1S/C19H23N/c1-5-8-11-16-14(4)15(7-3)17(10-6-2)19-18(16)12-9-13-20-19/h6,8-13H,5,7H2,1-4H3/b10-6-,11-8-. The predicted molar refractivity (Wildman–Crippen MR) is 89.9 cm³/mol. The fourth-order valence-electron chi connectivity index (χ4n) is 2.80. The third kappa shape index (κ3) is 2.53. The monoisotopic (exact) mass is 265 g/mol. The number of fused-ring (bicyclic) bond motifs is 1. The number of pyridine rings is 1. The fourth-order valence-corrected chi connectivity index (χ4v) is 2.80. The van der Waals surface area contributed by atoms with Crippen LogP contribution in [0.15, 0.2) is 30.5 Å². The Hall–Kier alpha value is -1.89. The zero-order chi connectivity index (χ0) is 14.5. The maximum absolute atomic E-state index is 4.63. The van der Waals surface area contributed by atoms with E-state index in [4.69, 9.17) is 0 Å². The maximum atomic E-state index is 4.63. The zero-order valence-corrected chi connectivity index (χ0v) is 12.9. The molecule has 0 aliphatic rings. The quantitative estimate of drug-likeness (QED) is 0.705. The molecule has 0 spiro atoms. The molecule has 0 amide bonds. The topological polar surface area (TPSA) is 12.9 Å². The molecule has 0 fully saturated rings. The predicted octanol–water partition coefficient (Wildman–Crippen LogP) is 5.56. The van der Waals surface area contributed by atoms with Gasteiger partial charge in [0.05, 0.1) is 5.52 Å². The van der Waals surface area contributed by atoms with Crippen molar-refractivity contribution in [2.45, 2.75) is 40.5 Å². The minimum absolute atomic E-state index is 1.03. The number of hydrogen-bond donors (Lipinski definition) is 0. The molecule has 2 rings (SSSR count). The summed E-state index contributed by atoms with van der Waals surface area (Å²) in [6.45, 7) is 8.68. The minimum Gasteiger partial charge on any atom is -0.256 e. The van der Waals surface area contributed by atoms with Crippen molar-refractivity contribution in [3.8, 4) is 0 Å². The highest BCUT2D eigenvalue weighted by molar-refractivity contribution is 5.96. The third-order valence-corrected chi connectivity index (χ3v) is 3.74. The summed E-state index contributed by atoms with van der Waals surface area (Å²) >= 11 is 0. The van der Waals surface area contributed by atoms with E-state index >= 15 is 0 Å². The van der Waals surface area contributed by atoms with E-state index in [0.29, 0.717) is 0 Å². The Morgan fingerprint density at radius 2 is 1.95 bits per heavy atom. The lowest BCUT2D eigenvalue weighted by molar-refractivity contribution is 1.10. The summed E-state index contributed by atoms with van der Waals surface area (Å²) in [5.41, 5.74) is 6.50. The second-order valence-electron chi connectivity index (χ2n) is 4.99. The van der Waals surface area contributed by atoms with Gasteiger partial charge in [-0.3, -0.25) is 4.98 Å². The van der Waals surface area contributed by atoms with E-state index in [1.54, 1.807) is 0 Å². The van der Waals surface area contributed by atoms with E-state index in [9.17, 15) is 0 Å². The summed E-state index contributed by atoms with van der Waals surface area (Å²) in [7, 11) is 0. The van der Waals surface area contributed by atoms with Crippen LogP contribution in [-0.4, -0.2) is 4.98 Å². The molecule has 1 nitrogen and oxygen atoms in total. The Bertz CT molecular complexity index is 663. The van der Waals surface area contributed by atoms with Crippen molar-refractivity contribution in [2.24, 2.45) is 0 Å². The first-order valence-corrected chi connectivity index (χ1v) is 7.43. The Balaban J connectivity index is 2.90. The highest BCUT2D eigenvalue weighted by Gasteiger charge is 2.13. The molecule has 0 radical (unpaired) electrons. The second kappa shape index (κ2) is 6.51. The number of aromatic nitrogens is 1. The average molecular weight is 265 g/mol. The van der Waals surface area contributed by atoms with Crippen LogP contribution < -0.4 is 0 Å². The van der Waals surface area contributed by atoms with Gasteiger partial charge in [-0.1, -0.05) is 44.2 Å². The molecular weight excluding hydrogens is 242 g/mol. The van der Waals surface area contributed by atoms with Gasteiger partial charge in [-0.15, -0.1) is 0 Å². The van der Waals surface area contributed by atoms with Crippen LogP contribution in [0.25, 0.3) is 23.1 Å². The first-order valence-electron chi connectivity index (χ1n) is 7.43. The molecule has 2 aromatic rings. The molecule has 0 unspecified atom stereocenters. The molecule has 0 aliphatic heterocycles. The van der Waals surface area contributed by atoms with Gasteiger partial charge >= 0.3 is 0 Å². The zero-order valence-electron chi connectivity index (χ0n) is 12.9. The fraction of sp³-hybridized carbons (Fsp3) is 0.316. The molecule has 0 bridgehead atoms. The van der Waals surface area contributed by atoms with E-state index in [1.165, 1.54) is 27.6 Å². The van der Waals surface area contributed by atoms with E-state index in [1.807, 2.05) is 12.3 Å². The van der Waals surface area contributed by atoms with E-state index in [2.05, 4.69) is 63.0 Å². The molecule has 0 aliphatic carbocycles. The highest BCUT2D eigenvalue weighted by atomic mass is 14.7. The van der Waals surface area contributed by atoms with Gasteiger partial charge in [-0.25, -0.2) is 0 Å². The van der Waals surface area contributed by atoms with Crippen molar-refractivity contribution in [2.75, 3.05) is 0 Å². The van der Waals surface area contributed by atoms with E-state index in [0.717, 1.165) is 18.4 Å². The lowest BCUT2D eigenvalue weighted by Gasteiger charge is -2.15. The van der Waals surface area contributed by atoms with Crippen LogP contribution in [0, 0.1) is 6.92 Å². The maximum Gasteiger partial charge on any atom is 0.0783 e. The molecule has 1 aromatic carbocycles. The van der Waals surface area contributed by atoms with Crippen molar-refractivity contribution in [3.63, 3.8) is 0 Å². The molecule has 20 heavy (non-hydrogen) atoms. The molecule has 1 aromatic heterocycles. The number of nitrogens with zero attached hydrogens (tertiary/aromatic N) is 1. The van der Waals surface area contributed by atoms with Gasteiger partial charge in [0, 0.05) is 17.1 Å². The van der Waals surface area contributed by atoms with Crippen LogP contribution in [0.3, 0.4) is 0 Å². The Morgan fingerprint density at radius 1 is 1.15 bits per heavy atom. The van der Waals surface area contributed by atoms with Gasteiger partial charge < -0.3 is 0 Å². The summed E-state index contributed by atoms with van der Waals surface area (Å²) in [6.07, 6.45) is 12.7. The van der Waals surface area contributed by atoms with Crippen LogP contribution in [0.2, 0.25) is 0 Å². The summed E-state index contributed by atoms with van der Waals surface area (Å²) in [5.74, 6) is 0. The third-order valence-electron chi connectivity index (χ3n) is 3.74. The Kier molecular flexibility index (Phi) is 4.73. The van der Waals surface area contributed by atoms with Crippen LogP contribution in [-0.2, 0) is 6.42 Å². The second-order valence-corrected chi connectivity index (χ2v) is 4.99. The van der Waals surface area contributed by atoms with Crippen molar-refractivity contribution in [1.82, 2.24) is 4.98 Å². The summed E-state index contributed by atoms with van der Waals surface area (Å²) in [5, 5.41) is 1.25. The Labute approximate surface area is 122 Å². The number of benzene rings is 1. The number of allylic oxidation sites excluding steroid dienone is 2. The lowest BCUT2D eigenvalue weighted by Crippen LogP contribution is -1.99. The summed E-state index contributed by atoms with van der Waals surface area (Å²) in [4.78, 5) is 4.63. The summed E-state index contributed by atoms with van der Waals surface area (Å²) in [6, 6.07) is 4.20. The highest BCUT2D eigenvalue weighted by Crippen LogP contribution is 2.31. The smallest absolute Gasteiger partial charge is 0.0783 e.